The number of halogens is 1. The van der Waals surface area contributed by atoms with Crippen molar-refractivity contribution in [2.75, 3.05) is 26.2 Å². The van der Waals surface area contributed by atoms with E-state index in [9.17, 15) is 0 Å². The Morgan fingerprint density at radius 2 is 1.94 bits per heavy atom. The smallest absolute Gasteiger partial charge is 0.138 e. The van der Waals surface area contributed by atoms with E-state index in [1.165, 1.54) is 5.56 Å². The van der Waals surface area contributed by atoms with Gasteiger partial charge in [0.1, 0.15) is 18.9 Å². The molecule has 16 heavy (non-hydrogen) atoms. The quantitative estimate of drug-likeness (QED) is 0.805. The van der Waals surface area contributed by atoms with Gasteiger partial charge in [-0.2, -0.15) is 0 Å². The molecule has 0 aliphatic heterocycles. The van der Waals surface area contributed by atoms with Crippen LogP contribution >= 0.6 is 11.6 Å². The van der Waals surface area contributed by atoms with Crippen LogP contribution in [0, 0.1) is 6.92 Å². The van der Waals surface area contributed by atoms with Crippen molar-refractivity contribution in [3.05, 3.63) is 28.8 Å². The molecule has 1 aromatic carbocycles. The predicted octanol–water partition coefficient (Wildman–Crippen LogP) is 1.95. The highest BCUT2D eigenvalue weighted by Gasteiger charge is 2.05. The molecule has 1 rings (SSSR count). The maximum Gasteiger partial charge on any atom is 0.138 e. The van der Waals surface area contributed by atoms with Crippen molar-refractivity contribution in [1.82, 2.24) is 0 Å². The van der Waals surface area contributed by atoms with Gasteiger partial charge >= 0.3 is 0 Å². The minimum atomic E-state index is 0.695. The average molecular weight is 243 g/mol. The molecular weight excluding hydrogens is 222 g/mol. The van der Waals surface area contributed by atoms with E-state index in [1.807, 2.05) is 25.1 Å². The van der Waals surface area contributed by atoms with E-state index in [0.29, 0.717) is 5.02 Å². The summed E-state index contributed by atoms with van der Waals surface area (Å²) >= 11 is 6.05. The van der Waals surface area contributed by atoms with Crippen molar-refractivity contribution < 1.29 is 9.64 Å². The Balaban J connectivity index is 2.45. The number of quaternary nitrogens is 1. The lowest BCUT2D eigenvalue weighted by molar-refractivity contribution is -0.896. The van der Waals surface area contributed by atoms with Gasteiger partial charge in [0.05, 0.1) is 18.1 Å². The molecule has 0 heterocycles. The Labute approximate surface area is 103 Å². The Morgan fingerprint density at radius 1 is 1.25 bits per heavy atom. The fourth-order valence-corrected chi connectivity index (χ4v) is 1.80. The lowest BCUT2D eigenvalue weighted by Crippen LogP contribution is -3.12. The number of nitrogens with one attached hydrogen (secondary N) is 1. The second-order valence-corrected chi connectivity index (χ2v) is 4.40. The first-order valence-corrected chi connectivity index (χ1v) is 6.27. The van der Waals surface area contributed by atoms with Crippen LogP contribution in [-0.4, -0.2) is 26.2 Å². The molecule has 0 aliphatic carbocycles. The molecule has 1 aromatic rings. The van der Waals surface area contributed by atoms with Gasteiger partial charge in [-0.1, -0.05) is 17.7 Å². The Bertz CT molecular complexity index is 324. The van der Waals surface area contributed by atoms with E-state index in [1.54, 1.807) is 4.90 Å². The standard InChI is InChI=1S/C13H20ClNO/c1-4-15(5-2)8-9-16-13-10-11(3)6-7-12(13)14/h6-7,10H,4-5,8-9H2,1-3H3/p+1. The second-order valence-electron chi connectivity index (χ2n) is 3.99. The van der Waals surface area contributed by atoms with E-state index in [-0.39, 0.29) is 0 Å². The molecule has 2 nitrogen and oxygen atoms in total. The summed E-state index contributed by atoms with van der Waals surface area (Å²) in [7, 11) is 0. The monoisotopic (exact) mass is 242 g/mol. The van der Waals surface area contributed by atoms with Gasteiger partial charge in [0.2, 0.25) is 0 Å². The van der Waals surface area contributed by atoms with Gasteiger partial charge < -0.3 is 9.64 Å². The molecular formula is C13H21ClNO+. The normalized spacial score (nSPS) is 10.8. The lowest BCUT2D eigenvalue weighted by Gasteiger charge is -2.16. The third-order valence-electron chi connectivity index (χ3n) is 2.80. The number of ether oxygens (including phenoxy) is 1. The maximum absolute atomic E-state index is 6.05. The number of hydrogen-bond donors (Lipinski definition) is 1. The van der Waals surface area contributed by atoms with E-state index in [0.717, 1.165) is 32.0 Å². The second kappa shape index (κ2) is 6.77. The average Bonchev–Trinajstić information content (AvgIpc) is 2.29. The number of benzene rings is 1. The van der Waals surface area contributed by atoms with Crippen LogP contribution < -0.4 is 9.64 Å². The van der Waals surface area contributed by atoms with Crippen molar-refractivity contribution >= 4 is 11.6 Å². The summed E-state index contributed by atoms with van der Waals surface area (Å²) in [6.45, 7) is 10.5. The molecule has 0 aromatic heterocycles. The molecule has 0 unspecified atom stereocenters. The molecule has 0 aliphatic rings. The van der Waals surface area contributed by atoms with Crippen molar-refractivity contribution in [1.29, 1.82) is 0 Å². The molecule has 0 saturated heterocycles. The fraction of sp³-hybridized carbons (Fsp3) is 0.538. The summed E-state index contributed by atoms with van der Waals surface area (Å²) in [6.07, 6.45) is 0. The van der Waals surface area contributed by atoms with E-state index >= 15 is 0 Å². The fourth-order valence-electron chi connectivity index (χ4n) is 1.63. The first-order chi connectivity index (χ1) is 7.67. The molecule has 1 N–H and O–H groups in total. The highest BCUT2D eigenvalue weighted by atomic mass is 35.5. The lowest BCUT2D eigenvalue weighted by atomic mass is 10.2. The molecule has 3 heteroatoms. The van der Waals surface area contributed by atoms with Crippen LogP contribution in [0.15, 0.2) is 18.2 Å². The highest BCUT2D eigenvalue weighted by molar-refractivity contribution is 6.32. The van der Waals surface area contributed by atoms with Crippen molar-refractivity contribution in [2.45, 2.75) is 20.8 Å². The zero-order valence-corrected chi connectivity index (χ0v) is 11.1. The summed E-state index contributed by atoms with van der Waals surface area (Å²) in [4.78, 5) is 1.55. The van der Waals surface area contributed by atoms with E-state index < -0.39 is 0 Å². The van der Waals surface area contributed by atoms with Crippen LogP contribution in [0.25, 0.3) is 0 Å². The van der Waals surface area contributed by atoms with Crippen LogP contribution in [0.1, 0.15) is 19.4 Å². The summed E-state index contributed by atoms with van der Waals surface area (Å²) in [5.74, 6) is 0.799. The van der Waals surface area contributed by atoms with Gasteiger partial charge in [0.15, 0.2) is 0 Å². The van der Waals surface area contributed by atoms with Crippen molar-refractivity contribution in [3.63, 3.8) is 0 Å². The first-order valence-electron chi connectivity index (χ1n) is 5.89. The van der Waals surface area contributed by atoms with E-state index in [2.05, 4.69) is 13.8 Å². The van der Waals surface area contributed by atoms with Gasteiger partial charge in [-0.25, -0.2) is 0 Å². The SMILES string of the molecule is CC[NH+](CC)CCOc1cc(C)ccc1Cl. The molecule has 0 fully saturated rings. The summed E-state index contributed by atoms with van der Waals surface area (Å²) in [5.41, 5.74) is 1.18. The zero-order chi connectivity index (χ0) is 12.0. The van der Waals surface area contributed by atoms with Gasteiger partial charge in [-0.15, -0.1) is 0 Å². The summed E-state index contributed by atoms with van der Waals surface area (Å²) in [5, 5.41) is 0.695. The van der Waals surface area contributed by atoms with E-state index in [4.69, 9.17) is 16.3 Å². The molecule has 0 saturated carbocycles. The van der Waals surface area contributed by atoms with Crippen molar-refractivity contribution in [2.24, 2.45) is 0 Å². The van der Waals surface area contributed by atoms with Crippen molar-refractivity contribution in [3.8, 4) is 5.75 Å². The van der Waals surface area contributed by atoms with Crippen LogP contribution in [0.5, 0.6) is 5.75 Å². The predicted molar refractivity (Wildman–Crippen MR) is 68.6 cm³/mol. The maximum atomic E-state index is 6.05. The number of hydrogen-bond acceptors (Lipinski definition) is 1. The van der Waals surface area contributed by atoms with Gasteiger partial charge in [-0.05, 0) is 38.5 Å². The van der Waals surface area contributed by atoms with Gasteiger partial charge in [0.25, 0.3) is 0 Å². The molecule has 0 bridgehead atoms. The number of likely N-dealkylation sites (N-methyl/N-ethyl adjacent to an activating group) is 1. The topological polar surface area (TPSA) is 13.7 Å². The number of aryl methyl sites for hydroxylation is 1. The summed E-state index contributed by atoms with van der Waals surface area (Å²) < 4.78 is 5.70. The largest absolute Gasteiger partial charge is 0.486 e. The van der Waals surface area contributed by atoms with Gasteiger partial charge in [0, 0.05) is 0 Å². The minimum absolute atomic E-state index is 0.695. The molecule has 0 spiro atoms. The Kier molecular flexibility index (Phi) is 5.64. The number of rotatable bonds is 6. The van der Waals surface area contributed by atoms with Crippen LogP contribution in [0.3, 0.4) is 0 Å². The minimum Gasteiger partial charge on any atom is -0.486 e. The molecule has 0 amide bonds. The molecule has 0 radical (unpaired) electrons. The Morgan fingerprint density at radius 3 is 2.56 bits per heavy atom. The highest BCUT2D eigenvalue weighted by Crippen LogP contribution is 2.24. The summed E-state index contributed by atoms with van der Waals surface area (Å²) in [6, 6.07) is 5.86. The van der Waals surface area contributed by atoms with Gasteiger partial charge in [-0.3, -0.25) is 0 Å². The van der Waals surface area contributed by atoms with Crippen LogP contribution in [-0.2, 0) is 0 Å². The first kappa shape index (κ1) is 13.3. The third kappa shape index (κ3) is 4.03. The zero-order valence-electron chi connectivity index (χ0n) is 10.3. The Hall–Kier alpha value is -0.730. The third-order valence-corrected chi connectivity index (χ3v) is 3.11. The molecule has 0 atom stereocenters. The molecule has 90 valence electrons. The van der Waals surface area contributed by atoms with Crippen LogP contribution in [0.4, 0.5) is 0 Å². The van der Waals surface area contributed by atoms with Crippen LogP contribution in [0.2, 0.25) is 5.02 Å².